The summed E-state index contributed by atoms with van der Waals surface area (Å²) in [6.45, 7) is 0. The summed E-state index contributed by atoms with van der Waals surface area (Å²) in [6, 6.07) is 54.9. The lowest BCUT2D eigenvalue weighted by atomic mass is 10.1. The number of nitrogens with zero attached hydrogens (tertiary/aromatic N) is 4. The fourth-order valence-electron chi connectivity index (χ4n) is 7.58. The molecule has 0 atom stereocenters. The quantitative estimate of drug-likeness (QED) is 0.187. The first-order valence-electron chi connectivity index (χ1n) is 16.9. The van der Waals surface area contributed by atoms with Gasteiger partial charge in [0.15, 0.2) is 17.5 Å². The summed E-state index contributed by atoms with van der Waals surface area (Å²) in [4.78, 5) is 15.1. The van der Waals surface area contributed by atoms with E-state index in [1.54, 1.807) is 0 Å². The molecule has 11 aromatic rings. The minimum Gasteiger partial charge on any atom is -0.455 e. The zero-order chi connectivity index (χ0) is 33.5. The van der Waals surface area contributed by atoms with Crippen molar-refractivity contribution >= 4 is 75.3 Å². The first-order valence-corrected chi connectivity index (χ1v) is 17.8. The zero-order valence-corrected chi connectivity index (χ0v) is 27.9. The van der Waals surface area contributed by atoms with Crippen LogP contribution in [0.3, 0.4) is 0 Å². The SMILES string of the molecule is c1ccc(-c2nc(-c3ccc(-n4c5ccccc5c5c6c(ccc54)sc4ccccc46)cc3)nc(-c3cccc4c3oc3ccccc34)n2)cc1. The van der Waals surface area contributed by atoms with Gasteiger partial charge in [0.25, 0.3) is 0 Å². The Bertz CT molecular complexity index is 3140. The second kappa shape index (κ2) is 10.9. The van der Waals surface area contributed by atoms with Gasteiger partial charge in [-0.15, -0.1) is 11.3 Å². The lowest BCUT2D eigenvalue weighted by molar-refractivity contribution is 0.669. The molecule has 0 N–H and O–H groups in total. The molecule has 0 radical (unpaired) electrons. The summed E-state index contributed by atoms with van der Waals surface area (Å²) in [5, 5.41) is 7.28. The van der Waals surface area contributed by atoms with E-state index >= 15 is 0 Å². The van der Waals surface area contributed by atoms with Crippen LogP contribution in [0.15, 0.2) is 162 Å². The van der Waals surface area contributed by atoms with Crippen LogP contribution in [0.1, 0.15) is 0 Å². The Hall–Kier alpha value is -6.63. The van der Waals surface area contributed by atoms with Crippen molar-refractivity contribution in [2.75, 3.05) is 0 Å². The third-order valence-electron chi connectivity index (χ3n) is 9.87. The van der Waals surface area contributed by atoms with Crippen molar-refractivity contribution < 1.29 is 4.42 Å². The standard InChI is InChI=1S/C45H26N4OS/c1-2-11-27(12-3-1)43-46-44(48-45(47-43)34-17-10-16-31-30-13-5-8-19-37(30)50-42(31)34)28-21-23-29(24-22-28)49-35-18-7-4-14-32(35)40-36(49)25-26-39-41(40)33-15-6-9-20-38(33)51-39/h1-26H. The smallest absolute Gasteiger partial charge is 0.167 e. The molecule has 0 spiro atoms. The average Bonchev–Trinajstić information content (AvgIpc) is 3.87. The van der Waals surface area contributed by atoms with Gasteiger partial charge in [0.05, 0.1) is 16.6 Å². The van der Waals surface area contributed by atoms with Gasteiger partial charge >= 0.3 is 0 Å². The second-order valence-electron chi connectivity index (χ2n) is 12.8. The maximum Gasteiger partial charge on any atom is 0.167 e. The molecule has 0 amide bonds. The predicted molar refractivity (Wildman–Crippen MR) is 211 cm³/mol. The van der Waals surface area contributed by atoms with Crippen molar-refractivity contribution in [1.82, 2.24) is 19.5 Å². The van der Waals surface area contributed by atoms with E-state index in [2.05, 4.69) is 102 Å². The molecule has 4 heterocycles. The molecular weight excluding hydrogens is 645 g/mol. The maximum atomic E-state index is 6.40. The van der Waals surface area contributed by atoms with Gasteiger partial charge in [0.1, 0.15) is 11.2 Å². The van der Waals surface area contributed by atoms with Crippen molar-refractivity contribution in [2.45, 2.75) is 0 Å². The Labute approximate surface area is 295 Å². The molecule has 6 heteroatoms. The highest BCUT2D eigenvalue weighted by molar-refractivity contribution is 7.26. The Morgan fingerprint density at radius 2 is 1.10 bits per heavy atom. The van der Waals surface area contributed by atoms with Crippen molar-refractivity contribution in [3.63, 3.8) is 0 Å². The largest absolute Gasteiger partial charge is 0.455 e. The minimum atomic E-state index is 0.571. The number of fused-ring (bicyclic) bond motifs is 10. The van der Waals surface area contributed by atoms with E-state index < -0.39 is 0 Å². The van der Waals surface area contributed by atoms with Crippen LogP contribution in [-0.4, -0.2) is 19.5 Å². The summed E-state index contributed by atoms with van der Waals surface area (Å²) >= 11 is 1.86. The summed E-state index contributed by atoms with van der Waals surface area (Å²) in [5.41, 5.74) is 7.71. The molecule has 0 saturated heterocycles. The molecule has 11 rings (SSSR count). The second-order valence-corrected chi connectivity index (χ2v) is 13.9. The highest BCUT2D eigenvalue weighted by Gasteiger charge is 2.20. The summed E-state index contributed by atoms with van der Waals surface area (Å²) in [6.07, 6.45) is 0. The monoisotopic (exact) mass is 670 g/mol. The molecule has 0 bridgehead atoms. The average molecular weight is 671 g/mol. The van der Waals surface area contributed by atoms with Gasteiger partial charge in [0, 0.05) is 58.5 Å². The molecule has 0 unspecified atom stereocenters. The van der Waals surface area contributed by atoms with E-state index in [0.717, 1.165) is 44.3 Å². The van der Waals surface area contributed by atoms with Gasteiger partial charge in [-0.05, 0) is 60.7 Å². The van der Waals surface area contributed by atoms with Crippen molar-refractivity contribution in [2.24, 2.45) is 0 Å². The number of aromatic nitrogens is 4. The molecule has 51 heavy (non-hydrogen) atoms. The first kappa shape index (κ1) is 28.2. The van der Waals surface area contributed by atoms with E-state index in [-0.39, 0.29) is 0 Å². The van der Waals surface area contributed by atoms with Crippen molar-refractivity contribution in [3.8, 4) is 39.9 Å². The van der Waals surface area contributed by atoms with Crippen LogP contribution in [-0.2, 0) is 0 Å². The van der Waals surface area contributed by atoms with Crippen molar-refractivity contribution in [3.05, 3.63) is 158 Å². The Morgan fingerprint density at radius 3 is 1.94 bits per heavy atom. The van der Waals surface area contributed by atoms with E-state index in [9.17, 15) is 0 Å². The van der Waals surface area contributed by atoms with Crippen LogP contribution in [0.25, 0.3) is 104 Å². The predicted octanol–water partition coefficient (Wildman–Crippen LogP) is 12.2. The Balaban J connectivity index is 1.09. The third kappa shape index (κ3) is 4.30. The van der Waals surface area contributed by atoms with Crippen LogP contribution in [0.2, 0.25) is 0 Å². The number of hydrogen-bond acceptors (Lipinski definition) is 5. The molecule has 5 nitrogen and oxygen atoms in total. The topological polar surface area (TPSA) is 56.7 Å². The summed E-state index contributed by atoms with van der Waals surface area (Å²) < 4.78 is 11.4. The van der Waals surface area contributed by atoms with Gasteiger partial charge in [-0.1, -0.05) is 97.1 Å². The number of benzene rings is 7. The number of hydrogen-bond donors (Lipinski definition) is 0. The number of para-hydroxylation sites is 3. The van der Waals surface area contributed by atoms with Crippen LogP contribution >= 0.6 is 11.3 Å². The number of furan rings is 1. The number of rotatable bonds is 4. The molecule has 0 saturated carbocycles. The molecule has 238 valence electrons. The lowest BCUT2D eigenvalue weighted by Gasteiger charge is -2.11. The molecule has 0 aliphatic rings. The normalized spacial score (nSPS) is 11.9. The van der Waals surface area contributed by atoms with E-state index in [1.165, 1.54) is 42.0 Å². The van der Waals surface area contributed by atoms with Gasteiger partial charge in [0.2, 0.25) is 0 Å². The van der Waals surface area contributed by atoms with Gasteiger partial charge < -0.3 is 8.98 Å². The van der Waals surface area contributed by atoms with Gasteiger partial charge in [-0.3, -0.25) is 0 Å². The highest BCUT2D eigenvalue weighted by Crippen LogP contribution is 2.43. The number of thiophene rings is 1. The van der Waals surface area contributed by atoms with E-state index in [1.807, 2.05) is 72.0 Å². The minimum absolute atomic E-state index is 0.571. The van der Waals surface area contributed by atoms with Crippen LogP contribution in [0.5, 0.6) is 0 Å². The highest BCUT2D eigenvalue weighted by atomic mass is 32.1. The van der Waals surface area contributed by atoms with Crippen LogP contribution in [0.4, 0.5) is 0 Å². The zero-order valence-electron chi connectivity index (χ0n) is 27.1. The molecular formula is C45H26N4OS. The molecule has 0 fully saturated rings. The Kier molecular flexibility index (Phi) is 6.05. The summed E-state index contributed by atoms with van der Waals surface area (Å²) in [7, 11) is 0. The van der Waals surface area contributed by atoms with Crippen LogP contribution < -0.4 is 0 Å². The van der Waals surface area contributed by atoms with E-state index in [4.69, 9.17) is 19.4 Å². The fourth-order valence-corrected chi connectivity index (χ4v) is 8.69. The molecule has 4 aromatic heterocycles. The summed E-state index contributed by atoms with van der Waals surface area (Å²) in [5.74, 6) is 1.79. The van der Waals surface area contributed by atoms with Gasteiger partial charge in [-0.2, -0.15) is 0 Å². The molecule has 0 aliphatic heterocycles. The third-order valence-corrected chi connectivity index (χ3v) is 11.0. The van der Waals surface area contributed by atoms with Crippen molar-refractivity contribution in [1.29, 1.82) is 0 Å². The van der Waals surface area contributed by atoms with Gasteiger partial charge in [-0.25, -0.2) is 15.0 Å². The molecule has 0 aliphatic carbocycles. The fraction of sp³-hybridized carbons (Fsp3) is 0. The van der Waals surface area contributed by atoms with E-state index in [0.29, 0.717) is 17.5 Å². The molecule has 7 aromatic carbocycles. The lowest BCUT2D eigenvalue weighted by Crippen LogP contribution is -2.00. The first-order chi connectivity index (χ1) is 25.3. The van der Waals surface area contributed by atoms with Crippen LogP contribution in [0, 0.1) is 0 Å². The Morgan fingerprint density at radius 1 is 0.431 bits per heavy atom. The maximum absolute atomic E-state index is 6.40.